The number of halogens is 1. The van der Waals surface area contributed by atoms with Gasteiger partial charge in [-0.1, -0.05) is 58.0 Å². The normalized spacial score (nSPS) is 18.2. The quantitative estimate of drug-likeness (QED) is 0.142. The van der Waals surface area contributed by atoms with Gasteiger partial charge < -0.3 is 40.3 Å². The Morgan fingerprint density at radius 2 is 1.37 bits per heavy atom. The molecular formula is C39H47FN8O6. The summed E-state index contributed by atoms with van der Waals surface area (Å²) in [5, 5.41) is 2.65. The molecule has 2 fully saturated rings. The van der Waals surface area contributed by atoms with Crippen molar-refractivity contribution in [1.29, 1.82) is 0 Å². The van der Waals surface area contributed by atoms with Crippen LogP contribution >= 0.6 is 0 Å². The number of hydrogen-bond acceptors (Lipinski definition) is 8. The second-order valence-corrected chi connectivity index (χ2v) is 14.5. The van der Waals surface area contributed by atoms with Crippen LogP contribution in [0.25, 0.3) is 33.6 Å². The predicted molar refractivity (Wildman–Crippen MR) is 198 cm³/mol. The van der Waals surface area contributed by atoms with Gasteiger partial charge in [-0.25, -0.2) is 23.9 Å². The largest absolute Gasteiger partial charge is 0.453 e. The molecule has 15 heteroatoms. The third kappa shape index (κ3) is 7.94. The van der Waals surface area contributed by atoms with Crippen LogP contribution in [-0.4, -0.2) is 86.1 Å². The van der Waals surface area contributed by atoms with Gasteiger partial charge in [0.2, 0.25) is 5.91 Å². The van der Waals surface area contributed by atoms with Crippen LogP contribution in [0.1, 0.15) is 77.1 Å². The van der Waals surface area contributed by atoms with Gasteiger partial charge in [0.1, 0.15) is 23.5 Å². The van der Waals surface area contributed by atoms with E-state index in [1.54, 1.807) is 42.1 Å². The number of likely N-dealkylation sites (tertiary alicyclic amines) is 2. The zero-order valence-corrected chi connectivity index (χ0v) is 31.1. The summed E-state index contributed by atoms with van der Waals surface area (Å²) >= 11 is 0. The highest BCUT2D eigenvalue weighted by atomic mass is 19.1. The van der Waals surface area contributed by atoms with E-state index in [9.17, 15) is 19.2 Å². The highest BCUT2D eigenvalue weighted by Gasteiger charge is 2.39. The van der Waals surface area contributed by atoms with E-state index < -0.39 is 30.1 Å². The van der Waals surface area contributed by atoms with Gasteiger partial charge in [-0.2, -0.15) is 0 Å². The number of nitrogens with zero attached hydrogens (tertiary/aromatic N) is 4. The number of carbonyl (C=O) groups excluding carboxylic acids is 4. The molecule has 5 N–H and O–H groups in total. The molecule has 0 radical (unpaired) electrons. The number of imidazole rings is 2. The van der Waals surface area contributed by atoms with E-state index in [-0.39, 0.29) is 35.7 Å². The molecule has 4 atom stereocenters. The lowest BCUT2D eigenvalue weighted by Crippen LogP contribution is -2.51. The molecule has 4 amide bonds. The number of hydrogen-bond donors (Lipinski definition) is 4. The van der Waals surface area contributed by atoms with E-state index in [0.717, 1.165) is 29.7 Å². The third-order valence-electron chi connectivity index (χ3n) is 10.2. The van der Waals surface area contributed by atoms with E-state index in [1.165, 1.54) is 13.2 Å². The topological polar surface area (TPSA) is 189 Å². The van der Waals surface area contributed by atoms with E-state index in [4.69, 9.17) is 15.2 Å². The SMILES string of the molecule is COC(=O)N[C@H](C(=O)N1CCC[C@H]1c1ncc(-c2ccc(-c3ccc(-c4cnc([C@@H]5CCCN5C(=O)[C@@H](OC(N)=O)C(C)C)[nH]4)cc3)cc2F)[nH]1)C(C)C. The van der Waals surface area contributed by atoms with Crippen LogP contribution in [0, 0.1) is 17.7 Å². The summed E-state index contributed by atoms with van der Waals surface area (Å²) in [6.45, 7) is 8.36. The molecule has 0 bridgehead atoms. The third-order valence-corrected chi connectivity index (χ3v) is 10.2. The van der Waals surface area contributed by atoms with E-state index in [1.807, 2.05) is 44.2 Å². The highest BCUT2D eigenvalue weighted by molar-refractivity contribution is 5.86. The summed E-state index contributed by atoms with van der Waals surface area (Å²) in [7, 11) is 1.26. The van der Waals surface area contributed by atoms with Gasteiger partial charge in [0.05, 0.1) is 43.0 Å². The van der Waals surface area contributed by atoms with Crippen LogP contribution in [-0.2, 0) is 19.1 Å². The van der Waals surface area contributed by atoms with Crippen molar-refractivity contribution in [2.24, 2.45) is 17.6 Å². The number of aromatic nitrogens is 4. The first-order chi connectivity index (χ1) is 25.9. The number of aromatic amines is 2. The summed E-state index contributed by atoms with van der Waals surface area (Å²) in [4.78, 5) is 69.3. The van der Waals surface area contributed by atoms with Crippen LogP contribution in [0.4, 0.5) is 14.0 Å². The van der Waals surface area contributed by atoms with Crippen LogP contribution in [0.2, 0.25) is 0 Å². The molecule has 286 valence electrons. The smallest absolute Gasteiger partial charge is 0.407 e. The molecule has 2 saturated heterocycles. The number of primary amides is 1. The van der Waals surface area contributed by atoms with Crippen molar-refractivity contribution in [3.05, 3.63) is 72.3 Å². The Labute approximate surface area is 313 Å². The lowest BCUT2D eigenvalue weighted by atomic mass is 10.0. The van der Waals surface area contributed by atoms with Crippen molar-refractivity contribution in [3.63, 3.8) is 0 Å². The van der Waals surface area contributed by atoms with Gasteiger partial charge in [-0.15, -0.1) is 0 Å². The van der Waals surface area contributed by atoms with E-state index in [2.05, 4.69) is 25.3 Å². The standard InChI is InChI=1S/C39H47FN8O6/c1-21(2)32(46-39(52)53-5)36(49)47-16-6-8-30(47)35-43-20-29(45-35)26-15-14-25(18-27(26)40)23-10-12-24(13-11-23)28-19-42-34(44-28)31-9-7-17-48(31)37(50)33(22(3)4)54-38(41)51/h10-15,18-22,30-33H,6-9,16-17H2,1-5H3,(H2,41,51)(H,42,44)(H,43,45)(H,46,52)/t30-,31-,32-,33-/m0/s1. The number of carbonyl (C=O) groups is 4. The molecule has 2 aliphatic rings. The minimum absolute atomic E-state index is 0.157. The fourth-order valence-electron chi connectivity index (χ4n) is 7.32. The maximum absolute atomic E-state index is 15.7. The van der Waals surface area contributed by atoms with Gasteiger partial charge in [0.25, 0.3) is 5.91 Å². The summed E-state index contributed by atoms with van der Waals surface area (Å²) in [5.41, 5.74) is 9.22. The fourth-order valence-corrected chi connectivity index (χ4v) is 7.32. The average molecular weight is 743 g/mol. The van der Waals surface area contributed by atoms with Crippen LogP contribution in [0.15, 0.2) is 54.9 Å². The van der Waals surface area contributed by atoms with Crippen LogP contribution in [0.5, 0.6) is 0 Å². The Morgan fingerprint density at radius 1 is 0.815 bits per heavy atom. The molecule has 2 aromatic heterocycles. The number of benzene rings is 2. The Morgan fingerprint density at radius 3 is 1.93 bits per heavy atom. The molecule has 0 unspecified atom stereocenters. The van der Waals surface area contributed by atoms with E-state index >= 15 is 4.39 Å². The minimum atomic E-state index is -0.984. The summed E-state index contributed by atoms with van der Waals surface area (Å²) in [5.74, 6) is -0.137. The van der Waals surface area contributed by atoms with Crippen molar-refractivity contribution in [2.75, 3.05) is 20.2 Å². The predicted octanol–water partition coefficient (Wildman–Crippen LogP) is 6.10. The Hall–Kier alpha value is -5.73. The molecule has 2 aromatic carbocycles. The summed E-state index contributed by atoms with van der Waals surface area (Å²) in [6.07, 6.45) is 3.64. The molecule has 0 saturated carbocycles. The number of amides is 4. The zero-order valence-electron chi connectivity index (χ0n) is 31.1. The number of ether oxygens (including phenoxy) is 2. The number of methoxy groups -OCH3 is 1. The molecule has 2 aliphatic heterocycles. The number of nitrogens with two attached hydrogens (primary N) is 1. The number of rotatable bonds is 11. The lowest BCUT2D eigenvalue weighted by molar-refractivity contribution is -0.143. The molecule has 0 spiro atoms. The van der Waals surface area contributed by atoms with Crippen molar-refractivity contribution in [3.8, 4) is 33.6 Å². The fraction of sp³-hybridized carbons (Fsp3) is 0.436. The second-order valence-electron chi connectivity index (χ2n) is 14.5. The highest BCUT2D eigenvalue weighted by Crippen LogP contribution is 2.36. The van der Waals surface area contributed by atoms with Crippen molar-refractivity contribution < 1.29 is 33.0 Å². The minimum Gasteiger partial charge on any atom is -0.453 e. The summed E-state index contributed by atoms with van der Waals surface area (Å²) in [6, 6.07) is 11.3. The first kappa shape index (κ1) is 38.0. The van der Waals surface area contributed by atoms with Gasteiger partial charge in [0, 0.05) is 18.7 Å². The number of alkyl carbamates (subject to hydrolysis) is 1. The molecule has 54 heavy (non-hydrogen) atoms. The molecule has 4 aromatic rings. The van der Waals surface area contributed by atoms with Crippen LogP contribution < -0.4 is 11.1 Å². The van der Waals surface area contributed by atoms with Crippen LogP contribution in [0.3, 0.4) is 0 Å². The molecule has 0 aliphatic carbocycles. The van der Waals surface area contributed by atoms with Crippen molar-refractivity contribution in [2.45, 2.75) is 77.6 Å². The number of H-pyrrole nitrogens is 2. The Bertz CT molecular complexity index is 1990. The van der Waals surface area contributed by atoms with Crippen molar-refractivity contribution in [1.82, 2.24) is 35.1 Å². The summed E-state index contributed by atoms with van der Waals surface area (Å²) < 4.78 is 25.5. The van der Waals surface area contributed by atoms with Crippen molar-refractivity contribution >= 4 is 24.0 Å². The lowest BCUT2D eigenvalue weighted by Gasteiger charge is -2.30. The van der Waals surface area contributed by atoms with Gasteiger partial charge in [-0.3, -0.25) is 9.59 Å². The first-order valence-electron chi connectivity index (χ1n) is 18.3. The maximum Gasteiger partial charge on any atom is 0.407 e. The Kier molecular flexibility index (Phi) is 11.3. The molecule has 4 heterocycles. The second kappa shape index (κ2) is 16.1. The monoisotopic (exact) mass is 742 g/mol. The Balaban J connectivity index is 1.13. The van der Waals surface area contributed by atoms with Gasteiger partial charge >= 0.3 is 12.2 Å². The molecule has 14 nitrogen and oxygen atoms in total. The molecule has 6 rings (SSSR count). The van der Waals surface area contributed by atoms with Gasteiger partial charge in [-0.05, 0) is 66.3 Å². The van der Waals surface area contributed by atoms with Gasteiger partial charge in [0.15, 0.2) is 6.10 Å². The maximum atomic E-state index is 15.7. The number of nitrogens with one attached hydrogen (secondary N) is 3. The molecular weight excluding hydrogens is 695 g/mol. The zero-order chi connectivity index (χ0) is 38.7. The average Bonchev–Trinajstić information content (AvgIpc) is 3.98. The first-order valence-corrected chi connectivity index (χ1v) is 18.3. The van der Waals surface area contributed by atoms with E-state index in [0.29, 0.717) is 54.4 Å².